The fourth-order valence-electron chi connectivity index (χ4n) is 1.39. The maximum atomic E-state index is 8.89. The van der Waals surface area contributed by atoms with Crippen LogP contribution in [0.15, 0.2) is 0 Å². The number of piperazine rings is 1. The minimum atomic E-state index is -0.0249. The zero-order chi connectivity index (χ0) is 8.81. The predicted molar refractivity (Wildman–Crippen MR) is 47.2 cm³/mol. The summed E-state index contributed by atoms with van der Waals surface area (Å²) < 4.78 is 5.09. The van der Waals surface area contributed by atoms with Crippen LogP contribution < -0.4 is 5.32 Å². The predicted octanol–water partition coefficient (Wildman–Crippen LogP) is -1.10. The molecule has 1 fully saturated rings. The molecule has 0 saturated carbocycles. The summed E-state index contributed by atoms with van der Waals surface area (Å²) in [6.07, 6.45) is -0.0249. The van der Waals surface area contributed by atoms with Crippen LogP contribution in [0.25, 0.3) is 0 Å². The molecule has 0 unspecified atom stereocenters. The summed E-state index contributed by atoms with van der Waals surface area (Å²) in [5.74, 6) is 0. The molecule has 0 radical (unpaired) electrons. The largest absolute Gasteiger partial charge is 0.394 e. The highest BCUT2D eigenvalue weighted by molar-refractivity contribution is 4.71. The van der Waals surface area contributed by atoms with Gasteiger partial charge in [-0.1, -0.05) is 0 Å². The van der Waals surface area contributed by atoms with Gasteiger partial charge in [-0.3, -0.25) is 4.90 Å². The molecular formula is C8H18N2O2. The first kappa shape index (κ1) is 9.92. The summed E-state index contributed by atoms with van der Waals surface area (Å²) in [5, 5.41) is 12.2. The molecule has 1 aliphatic heterocycles. The van der Waals surface area contributed by atoms with Crippen LogP contribution in [0, 0.1) is 0 Å². The first-order chi connectivity index (χ1) is 5.86. The summed E-state index contributed by atoms with van der Waals surface area (Å²) in [6, 6.07) is 0. The van der Waals surface area contributed by atoms with E-state index >= 15 is 0 Å². The monoisotopic (exact) mass is 174 g/mol. The molecule has 4 nitrogen and oxygen atoms in total. The quantitative estimate of drug-likeness (QED) is 0.568. The number of nitrogens with one attached hydrogen (secondary N) is 1. The topological polar surface area (TPSA) is 44.7 Å². The molecular weight excluding hydrogens is 156 g/mol. The zero-order valence-electron chi connectivity index (χ0n) is 7.62. The lowest BCUT2D eigenvalue weighted by atomic mass is 10.3. The van der Waals surface area contributed by atoms with Crippen molar-refractivity contribution in [3.05, 3.63) is 0 Å². The van der Waals surface area contributed by atoms with Crippen LogP contribution in [0.5, 0.6) is 0 Å². The highest BCUT2D eigenvalue weighted by Crippen LogP contribution is 1.97. The van der Waals surface area contributed by atoms with Crippen molar-refractivity contribution >= 4 is 0 Å². The van der Waals surface area contributed by atoms with E-state index in [0.29, 0.717) is 0 Å². The van der Waals surface area contributed by atoms with E-state index in [1.807, 2.05) is 0 Å². The van der Waals surface area contributed by atoms with Crippen molar-refractivity contribution < 1.29 is 9.84 Å². The van der Waals surface area contributed by atoms with Crippen LogP contribution in [0.4, 0.5) is 0 Å². The number of aliphatic hydroxyl groups is 1. The minimum absolute atomic E-state index is 0.0249. The summed E-state index contributed by atoms with van der Waals surface area (Å²) in [4.78, 5) is 2.31. The van der Waals surface area contributed by atoms with Gasteiger partial charge in [-0.15, -0.1) is 0 Å². The molecule has 1 rings (SSSR count). The van der Waals surface area contributed by atoms with Gasteiger partial charge in [-0.25, -0.2) is 0 Å². The molecule has 1 aliphatic rings. The van der Waals surface area contributed by atoms with Crippen LogP contribution in [-0.2, 0) is 4.74 Å². The van der Waals surface area contributed by atoms with Crippen molar-refractivity contribution in [2.75, 3.05) is 46.4 Å². The average Bonchev–Trinajstić information content (AvgIpc) is 2.16. The number of hydrogen-bond donors (Lipinski definition) is 2. The molecule has 0 spiro atoms. The third-order valence-electron chi connectivity index (χ3n) is 2.21. The lowest BCUT2D eigenvalue weighted by molar-refractivity contribution is 0.0195. The van der Waals surface area contributed by atoms with Gasteiger partial charge >= 0.3 is 0 Å². The van der Waals surface area contributed by atoms with E-state index in [-0.39, 0.29) is 12.7 Å². The maximum absolute atomic E-state index is 8.89. The molecule has 1 saturated heterocycles. The molecule has 0 bridgehead atoms. The molecule has 0 aromatic carbocycles. The smallest absolute Gasteiger partial charge is 0.0928 e. The van der Waals surface area contributed by atoms with Crippen molar-refractivity contribution in [2.24, 2.45) is 0 Å². The van der Waals surface area contributed by atoms with Crippen LogP contribution >= 0.6 is 0 Å². The second kappa shape index (κ2) is 5.48. The fourth-order valence-corrected chi connectivity index (χ4v) is 1.39. The second-order valence-corrected chi connectivity index (χ2v) is 3.09. The van der Waals surface area contributed by atoms with Crippen molar-refractivity contribution in [3.8, 4) is 0 Å². The Kier molecular flexibility index (Phi) is 4.53. The minimum Gasteiger partial charge on any atom is -0.394 e. The molecule has 12 heavy (non-hydrogen) atoms. The number of aliphatic hydroxyl groups excluding tert-OH is 1. The average molecular weight is 174 g/mol. The van der Waals surface area contributed by atoms with Crippen molar-refractivity contribution in [1.82, 2.24) is 10.2 Å². The highest BCUT2D eigenvalue weighted by atomic mass is 16.5. The molecule has 0 aromatic heterocycles. The maximum Gasteiger partial charge on any atom is 0.0928 e. The molecule has 4 heteroatoms. The van der Waals surface area contributed by atoms with Gasteiger partial charge < -0.3 is 15.2 Å². The summed E-state index contributed by atoms with van der Waals surface area (Å²) in [5.41, 5.74) is 0. The van der Waals surface area contributed by atoms with Gasteiger partial charge in [0.05, 0.1) is 12.7 Å². The standard InChI is InChI=1S/C8H18N2O2/c1-12-8(7-11)6-10-4-2-9-3-5-10/h8-9,11H,2-7H2,1H3/t8-/m0/s1. The number of methoxy groups -OCH3 is 1. The van der Waals surface area contributed by atoms with E-state index in [1.54, 1.807) is 7.11 Å². The van der Waals surface area contributed by atoms with E-state index in [9.17, 15) is 0 Å². The Balaban J connectivity index is 2.18. The summed E-state index contributed by atoms with van der Waals surface area (Å²) in [7, 11) is 1.64. The zero-order valence-corrected chi connectivity index (χ0v) is 7.62. The molecule has 0 aromatic rings. The van der Waals surface area contributed by atoms with Gasteiger partial charge in [0.1, 0.15) is 0 Å². The van der Waals surface area contributed by atoms with Crippen molar-refractivity contribution in [1.29, 1.82) is 0 Å². The van der Waals surface area contributed by atoms with E-state index in [4.69, 9.17) is 9.84 Å². The molecule has 72 valence electrons. The second-order valence-electron chi connectivity index (χ2n) is 3.09. The molecule has 1 heterocycles. The lowest BCUT2D eigenvalue weighted by Crippen LogP contribution is -2.47. The van der Waals surface area contributed by atoms with E-state index in [1.165, 1.54) is 0 Å². The van der Waals surface area contributed by atoms with E-state index in [2.05, 4.69) is 10.2 Å². The lowest BCUT2D eigenvalue weighted by Gasteiger charge is -2.29. The van der Waals surface area contributed by atoms with Gasteiger partial charge in [0.15, 0.2) is 0 Å². The number of rotatable bonds is 4. The number of hydrogen-bond acceptors (Lipinski definition) is 4. The van der Waals surface area contributed by atoms with E-state index in [0.717, 1.165) is 32.7 Å². The van der Waals surface area contributed by atoms with Gasteiger partial charge in [0.25, 0.3) is 0 Å². The van der Waals surface area contributed by atoms with Gasteiger partial charge in [-0.05, 0) is 0 Å². The number of nitrogens with zero attached hydrogens (tertiary/aromatic N) is 1. The van der Waals surface area contributed by atoms with Crippen LogP contribution in [0.3, 0.4) is 0 Å². The van der Waals surface area contributed by atoms with Crippen molar-refractivity contribution in [2.45, 2.75) is 6.10 Å². The summed E-state index contributed by atoms with van der Waals surface area (Å²) in [6.45, 7) is 5.15. The normalized spacial score (nSPS) is 22.5. The Morgan fingerprint density at radius 1 is 1.50 bits per heavy atom. The highest BCUT2D eigenvalue weighted by Gasteiger charge is 2.14. The third-order valence-corrected chi connectivity index (χ3v) is 2.21. The molecule has 0 aliphatic carbocycles. The molecule has 0 amide bonds. The Morgan fingerprint density at radius 2 is 2.17 bits per heavy atom. The third kappa shape index (κ3) is 3.06. The van der Waals surface area contributed by atoms with Gasteiger partial charge in [-0.2, -0.15) is 0 Å². The first-order valence-electron chi connectivity index (χ1n) is 4.43. The van der Waals surface area contributed by atoms with E-state index < -0.39 is 0 Å². The summed E-state index contributed by atoms with van der Waals surface area (Å²) >= 11 is 0. The number of ether oxygens (including phenoxy) is 1. The SMILES string of the molecule is CO[C@H](CO)CN1CCNCC1. The fraction of sp³-hybridized carbons (Fsp3) is 1.00. The van der Waals surface area contributed by atoms with Crippen LogP contribution in [0.2, 0.25) is 0 Å². The van der Waals surface area contributed by atoms with Gasteiger partial charge in [0.2, 0.25) is 0 Å². The molecule has 2 N–H and O–H groups in total. The first-order valence-corrected chi connectivity index (χ1v) is 4.43. The van der Waals surface area contributed by atoms with Crippen LogP contribution in [0.1, 0.15) is 0 Å². The Labute approximate surface area is 73.5 Å². The van der Waals surface area contributed by atoms with Crippen LogP contribution in [-0.4, -0.2) is 62.6 Å². The molecule has 1 atom stereocenters. The Morgan fingerprint density at radius 3 is 2.67 bits per heavy atom. The Bertz CT molecular complexity index is 112. The Hall–Kier alpha value is -0.160. The van der Waals surface area contributed by atoms with Crippen molar-refractivity contribution in [3.63, 3.8) is 0 Å². The van der Waals surface area contributed by atoms with Gasteiger partial charge in [0, 0.05) is 39.8 Å².